The van der Waals surface area contributed by atoms with E-state index >= 15 is 0 Å². The lowest BCUT2D eigenvalue weighted by Crippen LogP contribution is -2.60. The zero-order chi connectivity index (χ0) is 45.7. The van der Waals surface area contributed by atoms with Gasteiger partial charge in [-0.2, -0.15) is 80.6 Å². The summed E-state index contributed by atoms with van der Waals surface area (Å²) in [5.74, 6) is -4.76. The fourth-order valence-corrected chi connectivity index (χ4v) is 9.99. The largest absolute Gasteiger partial charge is 0.464 e. The monoisotopic (exact) mass is 1060 g/mol. The highest BCUT2D eigenvalue weighted by Crippen LogP contribution is 2.50. The number of nitrogens with zero attached hydrogens (tertiary/aromatic N) is 4. The molecule has 11 nitrogen and oxygen atoms in total. The number of carbonyl (C=O) groups excluding carboxylic acids is 3. The van der Waals surface area contributed by atoms with Crippen molar-refractivity contribution >= 4 is 96.2 Å². The van der Waals surface area contributed by atoms with Crippen LogP contribution in [0.25, 0.3) is 33.3 Å². The normalized spacial score (nSPS) is 22.3. The van der Waals surface area contributed by atoms with E-state index < -0.39 is 60.0 Å². The van der Waals surface area contributed by atoms with Crippen LogP contribution in [-0.4, -0.2) is 95.9 Å². The number of ether oxygens (including phenoxy) is 2. The number of hydrazine groups is 1. The lowest BCUT2D eigenvalue weighted by atomic mass is 9.83. The van der Waals surface area contributed by atoms with Crippen LogP contribution in [0.4, 0.5) is 17.6 Å². The number of alkyl halides is 4. The molecule has 2 aromatic heterocycles. The first-order valence-electron chi connectivity index (χ1n) is 22.7. The Morgan fingerprint density at radius 1 is 1.00 bits per heavy atom. The minimum Gasteiger partial charge on any atom is -0.464 e. The zero-order valence-electron chi connectivity index (χ0n) is 40.1. The van der Waals surface area contributed by atoms with Crippen LogP contribution in [0.1, 0.15) is 99.8 Å². The summed E-state index contributed by atoms with van der Waals surface area (Å²) < 4.78 is 69.8. The third kappa shape index (κ3) is 13.1. The number of rotatable bonds is 8. The van der Waals surface area contributed by atoms with Gasteiger partial charge in [-0.15, -0.1) is 0 Å². The van der Waals surface area contributed by atoms with E-state index in [-0.39, 0.29) is 99.6 Å². The first-order chi connectivity index (χ1) is 30.5. The molecule has 1 saturated carbocycles. The predicted molar refractivity (Wildman–Crippen MR) is 287 cm³/mol. The number of cyclic esters (lactones) is 1. The summed E-state index contributed by atoms with van der Waals surface area (Å²) in [6.07, 6.45) is 0.0490. The second-order valence-corrected chi connectivity index (χ2v) is 19.2. The maximum atomic E-state index is 14.8. The molecule has 6 bridgehead atoms. The van der Waals surface area contributed by atoms with E-state index in [9.17, 15) is 31.9 Å². The summed E-state index contributed by atoms with van der Waals surface area (Å²) >= 11 is 0. The molecule has 4 aromatic rings. The molecule has 384 valence electrons. The van der Waals surface area contributed by atoms with Gasteiger partial charge in [0.1, 0.15) is 18.8 Å². The minimum atomic E-state index is -4.54. The molecule has 1 aliphatic carbocycles. The highest BCUT2D eigenvalue weighted by Gasteiger charge is 2.59. The molecule has 0 radical (unpaired) electrons. The van der Waals surface area contributed by atoms with Gasteiger partial charge in [0.2, 0.25) is 5.91 Å². The molecule has 0 unspecified atom stereocenters. The first-order valence-corrected chi connectivity index (χ1v) is 22.7. The molecule has 69 heavy (non-hydrogen) atoms. The standard InChI is InChI=1S/C49H60F4N6O5.5H2S/c1-7-58-42-11-10-32-21-35(42)38(44(58)37-22-34(26-54-43(37)28(2)63-6)31-12-15-57(5)16-13-31)24-48(3,4)27-64-47(62)40-9-8-14-59(56-40)46(61)41(20-29-17-30(25-50)19-33(32)18-29)55-45(60)36-23-39(36)49(51,52)53;;;;;/h10-11,17-19,21-22,26,28,31,36,39-41,56H,7-9,12-16,20,23-25,27H2,1-6H3,(H,55,60);5*1H2/t28-,36-,39-,40-,41-;;;;;/m0...../s1. The van der Waals surface area contributed by atoms with Crippen LogP contribution >= 0.6 is 67.5 Å². The number of halogens is 4. The van der Waals surface area contributed by atoms with Gasteiger partial charge >= 0.3 is 12.1 Å². The van der Waals surface area contributed by atoms with Crippen LogP contribution in [0.15, 0.2) is 48.7 Å². The van der Waals surface area contributed by atoms with Gasteiger partial charge in [-0.3, -0.25) is 24.4 Å². The van der Waals surface area contributed by atoms with E-state index in [0.29, 0.717) is 48.4 Å². The molecular weight excluding hydrogens is 989 g/mol. The second kappa shape index (κ2) is 24.5. The average Bonchev–Trinajstić information content (AvgIpc) is 4.06. The highest BCUT2D eigenvalue weighted by atomic mass is 32.1. The minimum absolute atomic E-state index is 0. The molecule has 0 spiro atoms. The third-order valence-corrected chi connectivity index (χ3v) is 13.7. The Morgan fingerprint density at radius 2 is 1.71 bits per heavy atom. The Kier molecular flexibility index (Phi) is 21.4. The molecule has 2 aromatic carbocycles. The maximum Gasteiger partial charge on any atom is 0.392 e. The molecule has 3 fully saturated rings. The quantitative estimate of drug-likeness (QED) is 0.133. The number of hydrogen-bond acceptors (Lipinski definition) is 8. The van der Waals surface area contributed by atoms with Gasteiger partial charge in [-0.25, -0.2) is 9.82 Å². The Labute approximate surface area is 438 Å². The first kappa shape index (κ1) is 60.2. The van der Waals surface area contributed by atoms with Crippen molar-refractivity contribution in [2.45, 2.75) is 116 Å². The average molecular weight is 1060 g/mol. The number of benzene rings is 2. The summed E-state index contributed by atoms with van der Waals surface area (Å²) in [7, 11) is 3.83. The van der Waals surface area contributed by atoms with Gasteiger partial charge in [0.15, 0.2) is 0 Å². The van der Waals surface area contributed by atoms with E-state index in [1.807, 2.05) is 25.3 Å². The Balaban J connectivity index is 0.00000252. The van der Waals surface area contributed by atoms with E-state index in [1.54, 1.807) is 19.2 Å². The number of amides is 2. The zero-order valence-corrected chi connectivity index (χ0v) is 45.1. The van der Waals surface area contributed by atoms with Crippen molar-refractivity contribution in [1.29, 1.82) is 0 Å². The number of likely N-dealkylation sites (tertiary alicyclic amines) is 1. The molecule has 5 atom stereocenters. The number of esters is 1. The van der Waals surface area contributed by atoms with Crippen molar-refractivity contribution in [3.63, 3.8) is 0 Å². The number of nitrogens with one attached hydrogen (secondary N) is 2. The molecule has 5 heterocycles. The molecule has 20 heteroatoms. The molecule has 2 amide bonds. The number of hydrogen-bond donors (Lipinski definition) is 2. The molecule has 2 saturated heterocycles. The molecule has 2 N–H and O–H groups in total. The van der Waals surface area contributed by atoms with E-state index in [2.05, 4.69) is 66.2 Å². The van der Waals surface area contributed by atoms with Crippen molar-refractivity contribution in [1.82, 2.24) is 30.2 Å². The van der Waals surface area contributed by atoms with Gasteiger partial charge in [-0.05, 0) is 136 Å². The van der Waals surface area contributed by atoms with Crippen LogP contribution in [0, 0.1) is 17.3 Å². The number of aromatic nitrogens is 2. The van der Waals surface area contributed by atoms with E-state index in [0.717, 1.165) is 64.9 Å². The number of fused-ring (bicyclic) bond motifs is 6. The van der Waals surface area contributed by atoms with Crippen molar-refractivity contribution in [3.8, 4) is 22.4 Å². The van der Waals surface area contributed by atoms with Crippen LogP contribution in [0.3, 0.4) is 0 Å². The topological polar surface area (TPSA) is 118 Å². The van der Waals surface area contributed by atoms with Crippen LogP contribution < -0.4 is 10.7 Å². The summed E-state index contributed by atoms with van der Waals surface area (Å²) in [6.45, 7) is 10.3. The van der Waals surface area contributed by atoms with Crippen LogP contribution in [0.5, 0.6) is 0 Å². The van der Waals surface area contributed by atoms with Crippen molar-refractivity contribution in [2.75, 3.05) is 40.4 Å². The number of piperidine rings is 1. The molecule has 8 rings (SSSR count). The lowest BCUT2D eigenvalue weighted by Gasteiger charge is -2.35. The third-order valence-electron chi connectivity index (χ3n) is 13.7. The number of methoxy groups -OCH3 is 1. The van der Waals surface area contributed by atoms with Crippen molar-refractivity contribution < 1.29 is 41.4 Å². The number of pyridine rings is 1. The smallest absolute Gasteiger partial charge is 0.392 e. The van der Waals surface area contributed by atoms with Crippen molar-refractivity contribution in [2.24, 2.45) is 17.3 Å². The fraction of sp³-hybridized carbons (Fsp3) is 0.551. The highest BCUT2D eigenvalue weighted by molar-refractivity contribution is 7.60. The maximum absolute atomic E-state index is 14.8. The van der Waals surface area contributed by atoms with Gasteiger partial charge in [0.05, 0.1) is 35.9 Å². The molecule has 4 aliphatic rings. The summed E-state index contributed by atoms with van der Waals surface area (Å²) in [5.41, 5.74) is 10.8. The number of carbonyl (C=O) groups is 3. The summed E-state index contributed by atoms with van der Waals surface area (Å²) in [4.78, 5) is 48.9. The van der Waals surface area contributed by atoms with Gasteiger partial charge < -0.3 is 24.3 Å². The molecule has 3 aliphatic heterocycles. The number of aryl methyl sites for hydroxylation is 1. The van der Waals surface area contributed by atoms with E-state index in [1.165, 1.54) is 10.6 Å². The van der Waals surface area contributed by atoms with Crippen LogP contribution in [-0.2, 0) is 49.9 Å². The Morgan fingerprint density at radius 3 is 2.35 bits per heavy atom. The fourth-order valence-electron chi connectivity index (χ4n) is 9.99. The van der Waals surface area contributed by atoms with Crippen LogP contribution in [0.2, 0.25) is 0 Å². The summed E-state index contributed by atoms with van der Waals surface area (Å²) in [6, 6.07) is 11.5. The van der Waals surface area contributed by atoms with Gasteiger partial charge in [0.25, 0.3) is 5.91 Å². The Bertz CT molecular complexity index is 2430. The predicted octanol–water partition coefficient (Wildman–Crippen LogP) is 8.79. The second-order valence-electron chi connectivity index (χ2n) is 19.2. The van der Waals surface area contributed by atoms with Gasteiger partial charge in [0, 0.05) is 54.7 Å². The van der Waals surface area contributed by atoms with Crippen molar-refractivity contribution in [3.05, 3.63) is 76.6 Å². The lowest BCUT2D eigenvalue weighted by molar-refractivity contribution is -0.156. The summed E-state index contributed by atoms with van der Waals surface area (Å²) in [5, 5.41) is 4.85. The van der Waals surface area contributed by atoms with Gasteiger partial charge in [-0.1, -0.05) is 32.0 Å². The Hall–Kier alpha value is -3.11. The van der Waals surface area contributed by atoms with E-state index in [4.69, 9.17) is 14.5 Å². The SMILES string of the molecule is CCn1c(-c2cc(C3CCN(C)CC3)cnc2[C@H](C)OC)c2c3cc(ccc31)-c1cc(CF)cc(c1)C[C@H](NC(=O)[C@H]1C[C@@H]1C(F)(F)F)C(=O)N1CCC[C@H](N1)C(=O)OCC(C)(C)C2.S.S.S.S.S. The molecular formula is C49H70F4N6O5S5.